The first-order valence-electron chi connectivity index (χ1n) is 8.94. The molecule has 128 valence electrons. The molecule has 1 atom stereocenters. The van der Waals surface area contributed by atoms with Crippen LogP contribution in [0.5, 0.6) is 0 Å². The molecule has 0 radical (unpaired) electrons. The summed E-state index contributed by atoms with van der Waals surface area (Å²) in [6.07, 6.45) is 8.45. The van der Waals surface area contributed by atoms with Gasteiger partial charge in [0.2, 0.25) is 5.91 Å². The number of hydrogen-bond donors (Lipinski definition) is 2. The second-order valence-electron chi connectivity index (χ2n) is 6.62. The molecule has 0 bridgehead atoms. The van der Waals surface area contributed by atoms with E-state index in [9.17, 15) is 4.79 Å². The van der Waals surface area contributed by atoms with Crippen molar-refractivity contribution in [3.8, 4) is 0 Å². The standard InChI is InChI=1S/C19H26N4O/c1-3-15(18-12-13(2)10-11-20-18)21-19(24)9-8-17-14-6-4-5-7-16(14)22-23-17/h10-12,15H,3-9H2,1-2H3,(H,21,24)(H,22,23). The molecule has 0 saturated carbocycles. The second kappa shape index (κ2) is 7.60. The van der Waals surface area contributed by atoms with Gasteiger partial charge < -0.3 is 5.32 Å². The molecule has 1 aliphatic carbocycles. The van der Waals surface area contributed by atoms with Crippen LogP contribution < -0.4 is 5.32 Å². The Morgan fingerprint density at radius 2 is 2.21 bits per heavy atom. The van der Waals surface area contributed by atoms with E-state index in [4.69, 9.17) is 0 Å². The molecule has 1 aliphatic rings. The molecule has 1 unspecified atom stereocenters. The van der Waals surface area contributed by atoms with Crippen molar-refractivity contribution in [3.63, 3.8) is 0 Å². The lowest BCUT2D eigenvalue weighted by Crippen LogP contribution is -2.29. The summed E-state index contributed by atoms with van der Waals surface area (Å²) in [4.78, 5) is 16.8. The zero-order valence-corrected chi connectivity index (χ0v) is 14.6. The number of carbonyl (C=O) groups excluding carboxylic acids is 1. The Morgan fingerprint density at radius 1 is 1.38 bits per heavy atom. The van der Waals surface area contributed by atoms with Gasteiger partial charge in [-0.3, -0.25) is 14.9 Å². The third-order valence-electron chi connectivity index (χ3n) is 4.77. The first-order valence-corrected chi connectivity index (χ1v) is 8.94. The maximum absolute atomic E-state index is 12.4. The molecule has 2 aromatic rings. The van der Waals surface area contributed by atoms with Gasteiger partial charge in [0.05, 0.1) is 17.4 Å². The summed E-state index contributed by atoms with van der Waals surface area (Å²) in [5, 5.41) is 10.7. The van der Waals surface area contributed by atoms with Gasteiger partial charge in [-0.1, -0.05) is 6.92 Å². The summed E-state index contributed by atoms with van der Waals surface area (Å²) >= 11 is 0. The molecule has 2 N–H and O–H groups in total. The highest BCUT2D eigenvalue weighted by molar-refractivity contribution is 5.76. The fourth-order valence-corrected chi connectivity index (χ4v) is 3.39. The first-order chi connectivity index (χ1) is 11.7. The SMILES string of the molecule is CCC(NC(=O)CCc1n[nH]c2c1CCCC2)c1cc(C)ccn1. The van der Waals surface area contributed by atoms with Crippen LogP contribution >= 0.6 is 0 Å². The molecular weight excluding hydrogens is 300 g/mol. The maximum Gasteiger partial charge on any atom is 0.220 e. The van der Waals surface area contributed by atoms with Gasteiger partial charge in [-0.15, -0.1) is 0 Å². The minimum absolute atomic E-state index is 0.0227. The van der Waals surface area contributed by atoms with Crippen molar-refractivity contribution in [3.05, 3.63) is 46.5 Å². The van der Waals surface area contributed by atoms with Gasteiger partial charge in [0.25, 0.3) is 0 Å². The molecule has 2 aromatic heterocycles. The van der Waals surface area contributed by atoms with E-state index < -0.39 is 0 Å². The zero-order valence-electron chi connectivity index (χ0n) is 14.6. The summed E-state index contributed by atoms with van der Waals surface area (Å²) in [7, 11) is 0. The molecule has 0 spiro atoms. The van der Waals surface area contributed by atoms with E-state index >= 15 is 0 Å². The predicted octanol–water partition coefficient (Wildman–Crippen LogP) is 3.19. The number of aryl methyl sites for hydroxylation is 3. The molecule has 0 fully saturated rings. The van der Waals surface area contributed by atoms with Crippen LogP contribution in [-0.2, 0) is 24.1 Å². The number of rotatable bonds is 6. The van der Waals surface area contributed by atoms with Gasteiger partial charge in [-0.2, -0.15) is 5.10 Å². The molecule has 24 heavy (non-hydrogen) atoms. The second-order valence-corrected chi connectivity index (χ2v) is 6.62. The van der Waals surface area contributed by atoms with Gasteiger partial charge in [0.15, 0.2) is 0 Å². The van der Waals surface area contributed by atoms with Gasteiger partial charge in [-0.25, -0.2) is 0 Å². The molecule has 5 heteroatoms. The Hall–Kier alpha value is -2.17. The monoisotopic (exact) mass is 326 g/mol. The van der Waals surface area contributed by atoms with Crippen molar-refractivity contribution >= 4 is 5.91 Å². The van der Waals surface area contributed by atoms with Crippen LogP contribution in [0.3, 0.4) is 0 Å². The van der Waals surface area contributed by atoms with Crippen LogP contribution in [0.4, 0.5) is 0 Å². The highest BCUT2D eigenvalue weighted by atomic mass is 16.1. The van der Waals surface area contributed by atoms with Crippen LogP contribution in [0.2, 0.25) is 0 Å². The van der Waals surface area contributed by atoms with Gasteiger partial charge in [-0.05, 0) is 62.3 Å². The lowest BCUT2D eigenvalue weighted by atomic mass is 9.94. The number of carbonyl (C=O) groups is 1. The van der Waals surface area contributed by atoms with E-state index in [1.165, 1.54) is 24.1 Å². The van der Waals surface area contributed by atoms with Crippen LogP contribution in [0.15, 0.2) is 18.3 Å². The minimum Gasteiger partial charge on any atom is -0.348 e. The maximum atomic E-state index is 12.4. The average Bonchev–Trinajstić information content (AvgIpc) is 3.01. The Balaban J connectivity index is 1.58. The van der Waals surface area contributed by atoms with Crippen molar-refractivity contribution in [1.29, 1.82) is 0 Å². The van der Waals surface area contributed by atoms with E-state index in [-0.39, 0.29) is 11.9 Å². The Bertz CT molecular complexity index is 707. The number of nitrogens with one attached hydrogen (secondary N) is 2. The zero-order chi connectivity index (χ0) is 16.9. The smallest absolute Gasteiger partial charge is 0.220 e. The third kappa shape index (κ3) is 3.83. The highest BCUT2D eigenvalue weighted by Crippen LogP contribution is 2.23. The fourth-order valence-electron chi connectivity index (χ4n) is 3.39. The summed E-state index contributed by atoms with van der Waals surface area (Å²) in [5.41, 5.74) is 5.79. The summed E-state index contributed by atoms with van der Waals surface area (Å²) in [6.45, 7) is 4.11. The number of aromatic nitrogens is 3. The molecular formula is C19H26N4O. The minimum atomic E-state index is -0.0227. The quantitative estimate of drug-likeness (QED) is 0.856. The van der Waals surface area contributed by atoms with E-state index in [0.29, 0.717) is 12.8 Å². The fraction of sp³-hybridized carbons (Fsp3) is 0.526. The largest absolute Gasteiger partial charge is 0.348 e. The van der Waals surface area contributed by atoms with Crippen molar-refractivity contribution < 1.29 is 4.79 Å². The van der Waals surface area contributed by atoms with Crippen molar-refractivity contribution in [2.75, 3.05) is 0 Å². The van der Waals surface area contributed by atoms with E-state index in [1.807, 2.05) is 19.1 Å². The molecule has 0 aromatic carbocycles. The first kappa shape index (κ1) is 16.7. The van der Waals surface area contributed by atoms with Crippen molar-refractivity contribution in [1.82, 2.24) is 20.5 Å². The van der Waals surface area contributed by atoms with E-state index in [2.05, 4.69) is 27.4 Å². The third-order valence-corrected chi connectivity index (χ3v) is 4.77. The predicted molar refractivity (Wildman–Crippen MR) is 93.7 cm³/mol. The number of H-pyrrole nitrogens is 1. The van der Waals surface area contributed by atoms with Gasteiger partial charge in [0.1, 0.15) is 0 Å². The van der Waals surface area contributed by atoms with E-state index in [0.717, 1.165) is 36.2 Å². The summed E-state index contributed by atoms with van der Waals surface area (Å²) in [6, 6.07) is 3.99. The van der Waals surface area contributed by atoms with Gasteiger partial charge in [0, 0.05) is 24.7 Å². The number of aromatic amines is 1. The number of hydrogen-bond acceptors (Lipinski definition) is 3. The van der Waals surface area contributed by atoms with Crippen molar-refractivity contribution in [2.45, 2.75) is 64.8 Å². The summed E-state index contributed by atoms with van der Waals surface area (Å²) in [5.74, 6) is 0.0673. The molecule has 3 rings (SSSR count). The van der Waals surface area contributed by atoms with Crippen molar-refractivity contribution in [2.24, 2.45) is 0 Å². The lowest BCUT2D eigenvalue weighted by Gasteiger charge is -2.17. The van der Waals surface area contributed by atoms with E-state index in [1.54, 1.807) is 6.20 Å². The Morgan fingerprint density at radius 3 is 3.00 bits per heavy atom. The van der Waals surface area contributed by atoms with Crippen LogP contribution in [0, 0.1) is 6.92 Å². The molecule has 0 aliphatic heterocycles. The highest BCUT2D eigenvalue weighted by Gasteiger charge is 2.18. The number of amides is 1. The number of fused-ring (bicyclic) bond motifs is 1. The summed E-state index contributed by atoms with van der Waals surface area (Å²) < 4.78 is 0. The topological polar surface area (TPSA) is 70.7 Å². The van der Waals surface area contributed by atoms with Crippen LogP contribution in [-0.4, -0.2) is 21.1 Å². The normalized spacial score (nSPS) is 14.9. The molecule has 5 nitrogen and oxygen atoms in total. The van der Waals surface area contributed by atoms with Gasteiger partial charge >= 0.3 is 0 Å². The Kier molecular flexibility index (Phi) is 5.28. The number of nitrogens with zero attached hydrogens (tertiary/aromatic N) is 2. The molecule has 2 heterocycles. The average molecular weight is 326 g/mol. The molecule has 0 saturated heterocycles. The Labute approximate surface area is 143 Å². The lowest BCUT2D eigenvalue weighted by molar-refractivity contribution is -0.121. The van der Waals surface area contributed by atoms with Crippen LogP contribution in [0.1, 0.15) is 66.9 Å². The number of pyridine rings is 1. The molecule has 1 amide bonds. The van der Waals surface area contributed by atoms with Crippen LogP contribution in [0.25, 0.3) is 0 Å².